The summed E-state index contributed by atoms with van der Waals surface area (Å²) in [4.78, 5) is 10.9. The lowest BCUT2D eigenvalue weighted by Crippen LogP contribution is -2.10. The highest BCUT2D eigenvalue weighted by Crippen LogP contribution is 2.06. The number of aromatic nitrogens is 2. The topological polar surface area (TPSA) is 60.9 Å². The third-order valence-corrected chi connectivity index (χ3v) is 1.44. The second-order valence-electron chi connectivity index (χ2n) is 2.48. The molecule has 1 aromatic heterocycles. The fourth-order valence-electron chi connectivity index (χ4n) is 0.947. The molecule has 0 fully saturated rings. The smallest absolute Gasteiger partial charge is 0.245 e. The summed E-state index contributed by atoms with van der Waals surface area (Å²) in [6.45, 7) is 4.98. The van der Waals surface area contributed by atoms with Crippen LogP contribution in [0.5, 0.6) is 0 Å². The van der Waals surface area contributed by atoms with Crippen LogP contribution in [0.15, 0.2) is 18.7 Å². The summed E-state index contributed by atoms with van der Waals surface area (Å²) in [5.41, 5.74) is 6.28. The number of carbonyl (C=O) groups excluding carboxylic acids is 1. The second kappa shape index (κ2) is 3.21. The Morgan fingerprint density at radius 3 is 3.00 bits per heavy atom. The number of hydrogen-bond acceptors (Lipinski definition) is 3. The highest BCUT2D eigenvalue weighted by Gasteiger charge is 2.06. The molecule has 0 saturated carbocycles. The molecule has 4 heteroatoms. The van der Waals surface area contributed by atoms with Crippen LogP contribution in [0.2, 0.25) is 0 Å². The fourth-order valence-corrected chi connectivity index (χ4v) is 0.947. The van der Waals surface area contributed by atoms with Gasteiger partial charge < -0.3 is 5.73 Å². The molecule has 0 unspecified atom stereocenters. The maximum absolute atomic E-state index is 10.9. The van der Waals surface area contributed by atoms with E-state index in [1.807, 2.05) is 0 Å². The van der Waals surface area contributed by atoms with Gasteiger partial charge in [0, 0.05) is 19.4 Å². The van der Waals surface area contributed by atoms with E-state index in [1.54, 1.807) is 12.1 Å². The van der Waals surface area contributed by atoms with E-state index in [0.29, 0.717) is 12.2 Å². The molecule has 0 aliphatic heterocycles. The van der Waals surface area contributed by atoms with E-state index >= 15 is 0 Å². The van der Waals surface area contributed by atoms with Gasteiger partial charge in [0.2, 0.25) is 5.91 Å². The van der Waals surface area contributed by atoms with Crippen molar-refractivity contribution in [2.24, 2.45) is 0 Å². The molecule has 12 heavy (non-hydrogen) atoms. The summed E-state index contributed by atoms with van der Waals surface area (Å²) in [6.07, 6.45) is 2.34. The van der Waals surface area contributed by atoms with Crippen molar-refractivity contribution in [1.29, 1.82) is 0 Å². The predicted octanol–water partition coefficient (Wildman–Crippen LogP) is 0.854. The molecule has 0 aliphatic carbocycles. The Morgan fingerprint density at radius 2 is 2.58 bits per heavy atom. The second-order valence-corrected chi connectivity index (χ2v) is 2.48. The Balaban J connectivity index is 2.99. The van der Waals surface area contributed by atoms with Crippen molar-refractivity contribution in [3.63, 3.8) is 0 Å². The molecule has 0 spiro atoms. The van der Waals surface area contributed by atoms with Crippen LogP contribution in [-0.4, -0.2) is 15.7 Å². The molecule has 0 atom stereocenters. The van der Waals surface area contributed by atoms with E-state index in [1.165, 1.54) is 11.6 Å². The number of hydrogen-bond donors (Lipinski definition) is 1. The van der Waals surface area contributed by atoms with E-state index in [4.69, 9.17) is 5.73 Å². The van der Waals surface area contributed by atoms with Crippen molar-refractivity contribution in [1.82, 2.24) is 9.78 Å². The van der Waals surface area contributed by atoms with Gasteiger partial charge in [0.15, 0.2) is 0 Å². The van der Waals surface area contributed by atoms with E-state index < -0.39 is 0 Å². The monoisotopic (exact) mass is 165 g/mol. The SMILES string of the molecule is C=CCc1cc(N)n(C(C)=O)n1. The average molecular weight is 165 g/mol. The lowest BCUT2D eigenvalue weighted by Gasteiger charge is -1.94. The van der Waals surface area contributed by atoms with Gasteiger partial charge in [-0.15, -0.1) is 6.58 Å². The minimum absolute atomic E-state index is 0.178. The molecule has 64 valence electrons. The van der Waals surface area contributed by atoms with Crippen LogP contribution in [0.3, 0.4) is 0 Å². The van der Waals surface area contributed by atoms with Gasteiger partial charge in [-0.05, 0) is 0 Å². The first-order valence-electron chi connectivity index (χ1n) is 3.61. The van der Waals surface area contributed by atoms with Gasteiger partial charge in [0.25, 0.3) is 0 Å². The number of rotatable bonds is 2. The van der Waals surface area contributed by atoms with Gasteiger partial charge in [0.1, 0.15) is 5.82 Å². The Bertz CT molecular complexity index is 314. The van der Waals surface area contributed by atoms with Crippen molar-refractivity contribution in [2.75, 3.05) is 5.73 Å². The fraction of sp³-hybridized carbons (Fsp3) is 0.250. The normalized spacial score (nSPS) is 9.75. The number of nitrogens with two attached hydrogens (primary N) is 1. The summed E-state index contributed by atoms with van der Waals surface area (Å²) in [5.74, 6) is 0.196. The maximum atomic E-state index is 10.9. The van der Waals surface area contributed by atoms with Crippen LogP contribution in [0.25, 0.3) is 0 Å². The molecule has 0 amide bonds. The molecule has 0 saturated heterocycles. The zero-order valence-corrected chi connectivity index (χ0v) is 6.95. The summed E-state index contributed by atoms with van der Waals surface area (Å²) >= 11 is 0. The molecule has 0 radical (unpaired) electrons. The Morgan fingerprint density at radius 1 is 1.92 bits per heavy atom. The largest absolute Gasteiger partial charge is 0.383 e. The molecular weight excluding hydrogens is 154 g/mol. The molecule has 4 nitrogen and oxygen atoms in total. The van der Waals surface area contributed by atoms with Gasteiger partial charge in [-0.3, -0.25) is 4.79 Å². The van der Waals surface area contributed by atoms with Gasteiger partial charge in [0.05, 0.1) is 5.69 Å². The Labute approximate surface area is 70.7 Å². The molecular formula is C8H11N3O. The molecule has 2 N–H and O–H groups in total. The molecule has 0 aliphatic rings. The summed E-state index contributed by atoms with van der Waals surface area (Å²) in [6, 6.07) is 1.67. The van der Waals surface area contributed by atoms with Crippen LogP contribution in [0.4, 0.5) is 5.82 Å². The van der Waals surface area contributed by atoms with Crippen molar-refractivity contribution in [3.8, 4) is 0 Å². The van der Waals surface area contributed by atoms with E-state index in [9.17, 15) is 4.79 Å². The maximum Gasteiger partial charge on any atom is 0.245 e. The Kier molecular flexibility index (Phi) is 2.28. The zero-order valence-electron chi connectivity index (χ0n) is 6.95. The highest BCUT2D eigenvalue weighted by atomic mass is 16.2. The number of anilines is 1. The third kappa shape index (κ3) is 1.53. The standard InChI is InChI=1S/C8H11N3O/c1-3-4-7-5-8(9)11(10-7)6(2)12/h3,5H,1,4,9H2,2H3. The number of carbonyl (C=O) groups is 1. The van der Waals surface area contributed by atoms with Gasteiger partial charge in [-0.1, -0.05) is 6.08 Å². The predicted molar refractivity (Wildman–Crippen MR) is 46.8 cm³/mol. The number of allylic oxidation sites excluding steroid dienone is 1. The van der Waals surface area contributed by atoms with Gasteiger partial charge >= 0.3 is 0 Å². The van der Waals surface area contributed by atoms with Crippen LogP contribution >= 0.6 is 0 Å². The summed E-state index contributed by atoms with van der Waals surface area (Å²) in [5, 5.41) is 3.97. The van der Waals surface area contributed by atoms with Crippen molar-refractivity contribution in [3.05, 3.63) is 24.4 Å². The molecule has 0 bridgehead atoms. The molecule has 1 heterocycles. The first kappa shape index (κ1) is 8.52. The lowest BCUT2D eigenvalue weighted by atomic mass is 10.3. The van der Waals surface area contributed by atoms with E-state index in [2.05, 4.69) is 11.7 Å². The van der Waals surface area contributed by atoms with E-state index in [0.717, 1.165) is 5.69 Å². The minimum atomic E-state index is -0.178. The summed E-state index contributed by atoms with van der Waals surface area (Å²) in [7, 11) is 0. The first-order valence-corrected chi connectivity index (χ1v) is 3.61. The van der Waals surface area contributed by atoms with Crippen LogP contribution in [-0.2, 0) is 6.42 Å². The van der Waals surface area contributed by atoms with Crippen LogP contribution in [0, 0.1) is 0 Å². The number of nitrogens with zero attached hydrogens (tertiary/aromatic N) is 2. The average Bonchev–Trinajstić information content (AvgIpc) is 2.32. The van der Waals surface area contributed by atoms with Crippen molar-refractivity contribution < 1.29 is 4.79 Å². The first-order chi connectivity index (χ1) is 5.65. The quantitative estimate of drug-likeness (QED) is 0.661. The molecule has 0 aromatic carbocycles. The van der Waals surface area contributed by atoms with Gasteiger partial charge in [-0.25, -0.2) is 0 Å². The highest BCUT2D eigenvalue weighted by molar-refractivity contribution is 5.78. The van der Waals surface area contributed by atoms with Crippen LogP contribution in [0.1, 0.15) is 17.4 Å². The lowest BCUT2D eigenvalue weighted by molar-refractivity contribution is 0.0923. The molecule has 1 aromatic rings. The summed E-state index contributed by atoms with van der Waals surface area (Å²) < 4.78 is 1.18. The Hall–Kier alpha value is -1.58. The van der Waals surface area contributed by atoms with Crippen molar-refractivity contribution >= 4 is 11.7 Å². The van der Waals surface area contributed by atoms with E-state index in [-0.39, 0.29) is 5.91 Å². The van der Waals surface area contributed by atoms with Crippen molar-refractivity contribution in [2.45, 2.75) is 13.3 Å². The van der Waals surface area contributed by atoms with Crippen LogP contribution < -0.4 is 5.73 Å². The molecule has 1 rings (SSSR count). The minimum Gasteiger partial charge on any atom is -0.383 e. The van der Waals surface area contributed by atoms with Gasteiger partial charge in [-0.2, -0.15) is 9.78 Å². The third-order valence-electron chi connectivity index (χ3n) is 1.44. The zero-order chi connectivity index (χ0) is 9.14. The number of nitrogen functional groups attached to an aromatic ring is 1.